The molecule has 0 spiro atoms. The number of carbonyl (C=O) groups is 3. The molecule has 3 aromatic rings. The predicted octanol–water partition coefficient (Wildman–Crippen LogP) is 3.53. The van der Waals surface area contributed by atoms with Gasteiger partial charge >= 0.3 is 5.97 Å². The van der Waals surface area contributed by atoms with Crippen molar-refractivity contribution < 1.29 is 38.1 Å². The molecule has 3 aromatic carbocycles. The highest BCUT2D eigenvalue weighted by atomic mass is 16.5. The first-order valence-corrected chi connectivity index (χ1v) is 10.8. The molecule has 0 aliphatic rings. The Morgan fingerprint density at radius 3 is 2.19 bits per heavy atom. The Kier molecular flexibility index (Phi) is 9.10. The zero-order chi connectivity index (χ0) is 25.9. The van der Waals surface area contributed by atoms with Crippen molar-refractivity contribution in [2.45, 2.75) is 0 Å². The fraction of sp³-hybridized carbons (Fsp3) is 0.192. The van der Waals surface area contributed by atoms with Crippen LogP contribution in [0.2, 0.25) is 0 Å². The van der Waals surface area contributed by atoms with Gasteiger partial charge in [-0.25, -0.2) is 4.79 Å². The number of rotatable bonds is 11. The molecule has 0 atom stereocenters. The Morgan fingerprint density at radius 2 is 1.44 bits per heavy atom. The van der Waals surface area contributed by atoms with Gasteiger partial charge in [0.2, 0.25) is 0 Å². The average Bonchev–Trinajstić information content (AvgIpc) is 2.90. The topological polar surface area (TPSA) is 121 Å². The number of methoxy groups -OCH3 is 3. The standard InChI is InChI=1S/C26H26N2O8/c1-32-19-8-6-7-18(14-19)27-24(29)16-36-26(31)17-11-12-22(23(13-17)34-3)35-15-25(30)28-20-9-4-5-10-21(20)33-2/h4-14H,15-16H2,1-3H3,(H,27,29)(H,28,30). The Hall–Kier alpha value is -4.73. The molecule has 0 heterocycles. The van der Waals surface area contributed by atoms with Crippen molar-refractivity contribution in [1.82, 2.24) is 0 Å². The third-order valence-electron chi connectivity index (χ3n) is 4.83. The van der Waals surface area contributed by atoms with Gasteiger partial charge in [0.15, 0.2) is 24.7 Å². The number of esters is 1. The van der Waals surface area contributed by atoms with Crippen LogP contribution < -0.4 is 29.6 Å². The smallest absolute Gasteiger partial charge is 0.338 e. The number of hydrogen-bond donors (Lipinski definition) is 2. The van der Waals surface area contributed by atoms with E-state index in [9.17, 15) is 14.4 Å². The number of para-hydroxylation sites is 2. The van der Waals surface area contributed by atoms with Crippen LogP contribution in [0.15, 0.2) is 66.7 Å². The largest absolute Gasteiger partial charge is 0.497 e. The molecular formula is C26H26N2O8. The van der Waals surface area contributed by atoms with E-state index in [-0.39, 0.29) is 23.7 Å². The molecule has 0 saturated carbocycles. The van der Waals surface area contributed by atoms with Crippen molar-refractivity contribution in [3.8, 4) is 23.0 Å². The zero-order valence-electron chi connectivity index (χ0n) is 20.0. The van der Waals surface area contributed by atoms with Crippen molar-refractivity contribution in [3.05, 3.63) is 72.3 Å². The normalized spacial score (nSPS) is 10.1. The maximum atomic E-state index is 12.4. The molecule has 0 aliphatic heterocycles. The lowest BCUT2D eigenvalue weighted by Crippen LogP contribution is -2.21. The van der Waals surface area contributed by atoms with E-state index in [2.05, 4.69) is 10.6 Å². The van der Waals surface area contributed by atoms with Gasteiger partial charge in [-0.05, 0) is 42.5 Å². The van der Waals surface area contributed by atoms with Crippen LogP contribution in [0.25, 0.3) is 0 Å². The van der Waals surface area contributed by atoms with E-state index in [1.54, 1.807) is 48.5 Å². The fourth-order valence-electron chi connectivity index (χ4n) is 3.10. The molecule has 3 rings (SSSR count). The summed E-state index contributed by atoms with van der Waals surface area (Å²) in [5.41, 5.74) is 1.16. The molecule has 0 radical (unpaired) electrons. The van der Waals surface area contributed by atoms with Crippen molar-refractivity contribution in [1.29, 1.82) is 0 Å². The molecule has 2 amide bonds. The molecule has 0 saturated heterocycles. The summed E-state index contributed by atoms with van der Waals surface area (Å²) in [6.45, 7) is -0.789. The van der Waals surface area contributed by atoms with Gasteiger partial charge in [-0.15, -0.1) is 0 Å². The summed E-state index contributed by atoms with van der Waals surface area (Å²) in [7, 11) is 4.42. The highest BCUT2D eigenvalue weighted by molar-refractivity contribution is 5.96. The van der Waals surface area contributed by atoms with Gasteiger partial charge in [0.25, 0.3) is 11.8 Å². The van der Waals surface area contributed by atoms with Crippen LogP contribution in [0.3, 0.4) is 0 Å². The maximum Gasteiger partial charge on any atom is 0.338 e. The van der Waals surface area contributed by atoms with Gasteiger partial charge in [0, 0.05) is 11.8 Å². The van der Waals surface area contributed by atoms with Crippen molar-refractivity contribution in [3.63, 3.8) is 0 Å². The van der Waals surface area contributed by atoms with Crippen LogP contribution >= 0.6 is 0 Å². The van der Waals surface area contributed by atoms with Crippen LogP contribution in [0.1, 0.15) is 10.4 Å². The zero-order valence-corrected chi connectivity index (χ0v) is 20.0. The Morgan fingerprint density at radius 1 is 0.694 bits per heavy atom. The van der Waals surface area contributed by atoms with Crippen molar-refractivity contribution in [2.75, 3.05) is 45.2 Å². The average molecular weight is 495 g/mol. The Balaban J connectivity index is 1.54. The molecule has 10 nitrogen and oxygen atoms in total. The monoisotopic (exact) mass is 494 g/mol. The number of amides is 2. The second-order valence-electron chi connectivity index (χ2n) is 7.26. The molecular weight excluding hydrogens is 468 g/mol. The fourth-order valence-corrected chi connectivity index (χ4v) is 3.10. The van der Waals surface area contributed by atoms with Gasteiger partial charge in [-0.2, -0.15) is 0 Å². The maximum absolute atomic E-state index is 12.4. The number of hydrogen-bond acceptors (Lipinski definition) is 8. The van der Waals surface area contributed by atoms with Crippen molar-refractivity contribution >= 4 is 29.2 Å². The summed E-state index contributed by atoms with van der Waals surface area (Å²) in [6.07, 6.45) is 0. The van der Waals surface area contributed by atoms with Crippen LogP contribution in [-0.4, -0.2) is 52.3 Å². The molecule has 2 N–H and O–H groups in total. The molecule has 188 valence electrons. The summed E-state index contributed by atoms with van der Waals surface area (Å²) < 4.78 is 26.2. The third kappa shape index (κ3) is 7.13. The summed E-state index contributed by atoms with van der Waals surface area (Å²) in [6, 6.07) is 18.1. The van der Waals surface area contributed by atoms with Crippen LogP contribution in [0.4, 0.5) is 11.4 Å². The van der Waals surface area contributed by atoms with E-state index in [0.29, 0.717) is 22.9 Å². The first-order valence-electron chi connectivity index (χ1n) is 10.8. The third-order valence-corrected chi connectivity index (χ3v) is 4.83. The number of carbonyl (C=O) groups excluding carboxylic acids is 3. The van der Waals surface area contributed by atoms with Gasteiger partial charge in [0.1, 0.15) is 11.5 Å². The predicted molar refractivity (Wildman–Crippen MR) is 132 cm³/mol. The second-order valence-corrected chi connectivity index (χ2v) is 7.26. The van der Waals surface area contributed by atoms with E-state index >= 15 is 0 Å². The van der Waals surface area contributed by atoms with Gasteiger partial charge in [-0.1, -0.05) is 18.2 Å². The number of benzene rings is 3. The highest BCUT2D eigenvalue weighted by Crippen LogP contribution is 2.29. The minimum absolute atomic E-state index is 0.145. The van der Waals surface area contributed by atoms with E-state index in [0.717, 1.165) is 0 Å². The second kappa shape index (κ2) is 12.7. The van der Waals surface area contributed by atoms with E-state index in [4.69, 9.17) is 23.7 Å². The molecule has 0 bridgehead atoms. The molecule has 36 heavy (non-hydrogen) atoms. The van der Waals surface area contributed by atoms with Gasteiger partial charge in [0.05, 0.1) is 32.6 Å². The quantitative estimate of drug-likeness (QED) is 0.389. The lowest BCUT2D eigenvalue weighted by Gasteiger charge is -2.13. The van der Waals surface area contributed by atoms with E-state index in [1.165, 1.54) is 39.5 Å². The summed E-state index contributed by atoms with van der Waals surface area (Å²) in [5, 5.41) is 5.32. The lowest BCUT2D eigenvalue weighted by molar-refractivity contribution is -0.119. The van der Waals surface area contributed by atoms with Gasteiger partial charge < -0.3 is 34.3 Å². The number of nitrogens with one attached hydrogen (secondary N) is 2. The minimum Gasteiger partial charge on any atom is -0.497 e. The number of anilines is 2. The summed E-state index contributed by atoms with van der Waals surface area (Å²) in [5.74, 6) is -0.0819. The molecule has 0 aromatic heterocycles. The molecule has 0 aliphatic carbocycles. The highest BCUT2D eigenvalue weighted by Gasteiger charge is 2.16. The lowest BCUT2D eigenvalue weighted by atomic mass is 10.2. The summed E-state index contributed by atoms with van der Waals surface area (Å²) in [4.78, 5) is 36.8. The van der Waals surface area contributed by atoms with Crippen LogP contribution in [0, 0.1) is 0 Å². The van der Waals surface area contributed by atoms with Crippen LogP contribution in [-0.2, 0) is 14.3 Å². The van der Waals surface area contributed by atoms with E-state index < -0.39 is 24.4 Å². The summed E-state index contributed by atoms with van der Waals surface area (Å²) >= 11 is 0. The first-order chi connectivity index (χ1) is 17.4. The SMILES string of the molecule is COc1cccc(NC(=O)COC(=O)c2ccc(OCC(=O)Nc3ccccc3OC)c(OC)c2)c1. The van der Waals surface area contributed by atoms with Crippen LogP contribution in [0.5, 0.6) is 23.0 Å². The Labute approximate surface area is 208 Å². The Bertz CT molecular complexity index is 1230. The van der Waals surface area contributed by atoms with E-state index in [1.807, 2.05) is 0 Å². The van der Waals surface area contributed by atoms with Gasteiger partial charge in [-0.3, -0.25) is 9.59 Å². The van der Waals surface area contributed by atoms with Crippen molar-refractivity contribution in [2.24, 2.45) is 0 Å². The molecule has 10 heteroatoms. The molecule has 0 fully saturated rings. The first kappa shape index (κ1) is 25.9. The minimum atomic E-state index is -0.727. The number of ether oxygens (including phenoxy) is 5. The molecule has 0 unspecified atom stereocenters.